The van der Waals surface area contributed by atoms with E-state index in [1.54, 1.807) is 6.20 Å². The molecule has 0 spiro atoms. The molecule has 144 valence electrons. The van der Waals surface area contributed by atoms with E-state index in [-0.39, 0.29) is 5.91 Å². The number of pyridine rings is 1. The zero-order valence-corrected chi connectivity index (χ0v) is 16.0. The Hall–Kier alpha value is -2.40. The van der Waals surface area contributed by atoms with Gasteiger partial charge < -0.3 is 15.5 Å². The number of hydrogen-bond acceptors (Lipinski definition) is 4. The van der Waals surface area contributed by atoms with E-state index >= 15 is 0 Å². The predicted molar refractivity (Wildman–Crippen MR) is 110 cm³/mol. The minimum atomic E-state index is 0.0159. The van der Waals surface area contributed by atoms with E-state index in [1.807, 2.05) is 47.4 Å². The van der Waals surface area contributed by atoms with Gasteiger partial charge in [0.05, 0.1) is 5.56 Å². The van der Waals surface area contributed by atoms with Crippen molar-refractivity contribution in [3.8, 4) is 0 Å². The number of hydrogen-bond donors (Lipinski definition) is 1. The van der Waals surface area contributed by atoms with E-state index in [0.717, 1.165) is 30.9 Å². The summed E-state index contributed by atoms with van der Waals surface area (Å²) in [7, 11) is 0. The van der Waals surface area contributed by atoms with Crippen LogP contribution in [0.25, 0.3) is 0 Å². The Morgan fingerprint density at radius 2 is 1.78 bits per heavy atom. The van der Waals surface area contributed by atoms with E-state index in [2.05, 4.69) is 9.88 Å². The standard InChI is InChI=1S/C22H30N4O/c23-13-8-16-26(18-19-9-4-3-5-10-19)22(27)20-11-12-21(24-17-20)25-14-6-1-2-7-15-25/h3-5,9-12,17H,1-2,6-8,13-16,18,23H2. The fourth-order valence-corrected chi connectivity index (χ4v) is 3.52. The first kappa shape index (κ1) is 19.4. The molecule has 27 heavy (non-hydrogen) atoms. The van der Waals surface area contributed by atoms with Gasteiger partial charge in [0.25, 0.3) is 5.91 Å². The molecule has 0 radical (unpaired) electrons. The molecule has 0 aliphatic carbocycles. The Balaban J connectivity index is 1.70. The highest BCUT2D eigenvalue weighted by Gasteiger charge is 2.17. The number of aromatic nitrogens is 1. The van der Waals surface area contributed by atoms with Gasteiger partial charge >= 0.3 is 0 Å². The van der Waals surface area contributed by atoms with Crippen molar-refractivity contribution in [3.05, 3.63) is 59.8 Å². The highest BCUT2D eigenvalue weighted by Crippen LogP contribution is 2.18. The summed E-state index contributed by atoms with van der Waals surface area (Å²) in [6.07, 6.45) is 7.53. The summed E-state index contributed by atoms with van der Waals surface area (Å²) >= 11 is 0. The number of amides is 1. The van der Waals surface area contributed by atoms with Crippen LogP contribution in [-0.2, 0) is 6.54 Å². The minimum absolute atomic E-state index is 0.0159. The van der Waals surface area contributed by atoms with E-state index in [9.17, 15) is 4.79 Å². The zero-order valence-electron chi connectivity index (χ0n) is 16.0. The van der Waals surface area contributed by atoms with Crippen molar-refractivity contribution in [2.75, 3.05) is 31.1 Å². The monoisotopic (exact) mass is 366 g/mol. The molecule has 0 atom stereocenters. The van der Waals surface area contributed by atoms with Crippen LogP contribution in [0, 0.1) is 0 Å². The summed E-state index contributed by atoms with van der Waals surface area (Å²) in [6, 6.07) is 14.0. The van der Waals surface area contributed by atoms with Gasteiger partial charge in [-0.15, -0.1) is 0 Å². The summed E-state index contributed by atoms with van der Waals surface area (Å²) in [5.74, 6) is 0.993. The molecule has 5 heteroatoms. The molecule has 1 amide bonds. The third-order valence-corrected chi connectivity index (χ3v) is 5.06. The third-order valence-electron chi connectivity index (χ3n) is 5.06. The second-order valence-electron chi connectivity index (χ2n) is 7.16. The van der Waals surface area contributed by atoms with Gasteiger partial charge in [-0.2, -0.15) is 0 Å². The van der Waals surface area contributed by atoms with Gasteiger partial charge in [-0.1, -0.05) is 43.2 Å². The predicted octanol–water partition coefficient (Wildman–Crippen LogP) is 3.45. The zero-order chi connectivity index (χ0) is 18.9. The Bertz CT molecular complexity index is 694. The topological polar surface area (TPSA) is 62.5 Å². The van der Waals surface area contributed by atoms with Gasteiger partial charge in [0.1, 0.15) is 5.82 Å². The molecule has 1 aliphatic heterocycles. The van der Waals surface area contributed by atoms with Crippen molar-refractivity contribution in [2.45, 2.75) is 38.6 Å². The van der Waals surface area contributed by atoms with Crippen molar-refractivity contribution >= 4 is 11.7 Å². The van der Waals surface area contributed by atoms with Gasteiger partial charge in [-0.25, -0.2) is 4.98 Å². The molecule has 1 fully saturated rings. The Kier molecular flexibility index (Phi) is 7.22. The maximum absolute atomic E-state index is 13.0. The van der Waals surface area contributed by atoms with Gasteiger partial charge in [0.2, 0.25) is 0 Å². The van der Waals surface area contributed by atoms with Crippen molar-refractivity contribution in [1.82, 2.24) is 9.88 Å². The molecule has 2 heterocycles. The number of nitrogens with two attached hydrogens (primary N) is 1. The highest BCUT2D eigenvalue weighted by molar-refractivity contribution is 5.94. The fraction of sp³-hybridized carbons (Fsp3) is 0.455. The summed E-state index contributed by atoms with van der Waals surface area (Å²) in [6.45, 7) is 3.92. The number of nitrogens with zero attached hydrogens (tertiary/aromatic N) is 3. The normalized spacial score (nSPS) is 14.6. The number of benzene rings is 1. The van der Waals surface area contributed by atoms with E-state index in [1.165, 1.54) is 25.7 Å². The first-order valence-electron chi connectivity index (χ1n) is 10.0. The summed E-state index contributed by atoms with van der Waals surface area (Å²) in [5.41, 5.74) is 7.43. The molecule has 0 unspecified atom stereocenters. The molecule has 0 saturated carbocycles. The highest BCUT2D eigenvalue weighted by atomic mass is 16.2. The second-order valence-corrected chi connectivity index (χ2v) is 7.16. The van der Waals surface area contributed by atoms with Gasteiger partial charge in [-0.3, -0.25) is 4.79 Å². The molecule has 2 aromatic rings. The average Bonchev–Trinajstić information content (AvgIpc) is 3.01. The fourth-order valence-electron chi connectivity index (χ4n) is 3.52. The number of carbonyl (C=O) groups is 1. The molecule has 1 aliphatic rings. The lowest BCUT2D eigenvalue weighted by atomic mass is 10.1. The van der Waals surface area contributed by atoms with Crippen LogP contribution in [0.15, 0.2) is 48.7 Å². The molecule has 1 aromatic heterocycles. The van der Waals surface area contributed by atoms with Crippen LogP contribution in [0.3, 0.4) is 0 Å². The first-order valence-corrected chi connectivity index (χ1v) is 10.0. The van der Waals surface area contributed by atoms with Crippen molar-refractivity contribution < 1.29 is 4.79 Å². The summed E-state index contributed by atoms with van der Waals surface area (Å²) < 4.78 is 0. The van der Waals surface area contributed by atoms with Gasteiger partial charge in [-0.05, 0) is 43.5 Å². The second kappa shape index (κ2) is 10.1. The molecule has 1 saturated heterocycles. The molecule has 2 N–H and O–H groups in total. The lowest BCUT2D eigenvalue weighted by molar-refractivity contribution is 0.0742. The number of anilines is 1. The van der Waals surface area contributed by atoms with Crippen molar-refractivity contribution in [1.29, 1.82) is 0 Å². The van der Waals surface area contributed by atoms with Crippen LogP contribution in [0.1, 0.15) is 48.0 Å². The third kappa shape index (κ3) is 5.54. The van der Waals surface area contributed by atoms with Crippen LogP contribution < -0.4 is 10.6 Å². The Labute approximate surface area is 162 Å². The Morgan fingerprint density at radius 1 is 1.04 bits per heavy atom. The molecular formula is C22H30N4O. The quantitative estimate of drug-likeness (QED) is 0.815. The van der Waals surface area contributed by atoms with Crippen LogP contribution >= 0.6 is 0 Å². The maximum Gasteiger partial charge on any atom is 0.255 e. The smallest absolute Gasteiger partial charge is 0.255 e. The molecule has 0 bridgehead atoms. The van der Waals surface area contributed by atoms with E-state index in [4.69, 9.17) is 5.73 Å². The van der Waals surface area contributed by atoms with E-state index < -0.39 is 0 Å². The molecular weight excluding hydrogens is 336 g/mol. The lowest BCUT2D eigenvalue weighted by Gasteiger charge is -2.24. The largest absolute Gasteiger partial charge is 0.357 e. The average molecular weight is 367 g/mol. The van der Waals surface area contributed by atoms with Gasteiger partial charge in [0, 0.05) is 32.4 Å². The van der Waals surface area contributed by atoms with Crippen LogP contribution in [0.2, 0.25) is 0 Å². The van der Waals surface area contributed by atoms with E-state index in [0.29, 0.717) is 25.2 Å². The lowest BCUT2D eigenvalue weighted by Crippen LogP contribution is -2.32. The minimum Gasteiger partial charge on any atom is -0.357 e. The van der Waals surface area contributed by atoms with Crippen LogP contribution in [-0.4, -0.2) is 42.0 Å². The van der Waals surface area contributed by atoms with Crippen LogP contribution in [0.4, 0.5) is 5.82 Å². The SMILES string of the molecule is NCCCN(Cc1ccccc1)C(=O)c1ccc(N2CCCCCC2)nc1. The maximum atomic E-state index is 13.0. The number of carbonyl (C=O) groups excluding carboxylic acids is 1. The molecule has 1 aromatic carbocycles. The first-order chi connectivity index (χ1) is 13.3. The summed E-state index contributed by atoms with van der Waals surface area (Å²) in [4.78, 5) is 21.8. The molecule has 3 rings (SSSR count). The van der Waals surface area contributed by atoms with Gasteiger partial charge in [0.15, 0.2) is 0 Å². The molecule has 5 nitrogen and oxygen atoms in total. The van der Waals surface area contributed by atoms with Crippen LogP contribution in [0.5, 0.6) is 0 Å². The number of rotatable bonds is 7. The summed E-state index contributed by atoms with van der Waals surface area (Å²) in [5, 5.41) is 0. The van der Waals surface area contributed by atoms with Crippen molar-refractivity contribution in [2.24, 2.45) is 5.73 Å². The van der Waals surface area contributed by atoms with Crippen molar-refractivity contribution in [3.63, 3.8) is 0 Å². The Morgan fingerprint density at radius 3 is 2.41 bits per heavy atom.